The summed E-state index contributed by atoms with van der Waals surface area (Å²) in [6.45, 7) is 10.9. The minimum absolute atomic E-state index is 0.263. The van der Waals surface area contributed by atoms with Crippen LogP contribution in [0.4, 0.5) is 0 Å². The molecule has 0 amide bonds. The van der Waals surface area contributed by atoms with Crippen molar-refractivity contribution in [1.82, 2.24) is 0 Å². The quantitative estimate of drug-likeness (QED) is 0.470. The first kappa shape index (κ1) is 22.8. The molecule has 0 saturated heterocycles. The van der Waals surface area contributed by atoms with E-state index < -0.39 is 23.4 Å². The summed E-state index contributed by atoms with van der Waals surface area (Å²) in [6.07, 6.45) is -0.240. The molecule has 0 spiro atoms. The lowest BCUT2D eigenvalue weighted by molar-refractivity contribution is -0.182. The average molecular weight is 430 g/mol. The zero-order valence-corrected chi connectivity index (χ0v) is 18.9. The van der Waals surface area contributed by atoms with E-state index in [1.807, 2.05) is 13.8 Å². The maximum Gasteiger partial charge on any atom is 0.336 e. The number of hydrogen-bond donors (Lipinski definition) is 0. The van der Waals surface area contributed by atoms with Crippen LogP contribution in [0.15, 0.2) is 33.5 Å². The second-order valence-electron chi connectivity index (χ2n) is 8.72. The number of fused-ring (bicyclic) bond motifs is 2. The Bertz CT molecular complexity index is 1040. The SMILES string of the molecule is CC[C@H](C)C(=O)O[C@@H]1c2cc3ccc(=O)oc3cc2O[C@@H]1C(C)(C)OC(=O)[C@@H](C)CC. The molecule has 3 rings (SSSR count). The summed E-state index contributed by atoms with van der Waals surface area (Å²) in [6, 6.07) is 6.38. The number of hydrogen-bond acceptors (Lipinski definition) is 7. The maximum atomic E-state index is 12.7. The Morgan fingerprint density at radius 2 is 1.71 bits per heavy atom. The Morgan fingerprint density at radius 3 is 2.35 bits per heavy atom. The second kappa shape index (κ2) is 8.73. The van der Waals surface area contributed by atoms with Gasteiger partial charge in [-0.1, -0.05) is 27.7 Å². The molecule has 1 aliphatic rings. The second-order valence-corrected chi connectivity index (χ2v) is 8.72. The van der Waals surface area contributed by atoms with Gasteiger partial charge < -0.3 is 18.6 Å². The summed E-state index contributed by atoms with van der Waals surface area (Å²) in [5, 5.41) is 0.682. The van der Waals surface area contributed by atoms with Crippen molar-refractivity contribution in [3.05, 3.63) is 40.2 Å². The number of esters is 2. The number of ether oxygens (including phenoxy) is 3. The highest BCUT2D eigenvalue weighted by Crippen LogP contribution is 2.46. The molecule has 1 aromatic carbocycles. The van der Waals surface area contributed by atoms with E-state index in [2.05, 4.69) is 0 Å². The fourth-order valence-electron chi connectivity index (χ4n) is 3.42. The van der Waals surface area contributed by atoms with E-state index >= 15 is 0 Å². The van der Waals surface area contributed by atoms with Gasteiger partial charge in [-0.3, -0.25) is 9.59 Å². The molecular weight excluding hydrogens is 400 g/mol. The Balaban J connectivity index is 2.02. The molecule has 4 atom stereocenters. The normalized spacial score (nSPS) is 19.9. The van der Waals surface area contributed by atoms with E-state index in [1.54, 1.807) is 45.9 Å². The van der Waals surface area contributed by atoms with Gasteiger partial charge in [-0.05, 0) is 38.8 Å². The van der Waals surface area contributed by atoms with Crippen LogP contribution in [-0.2, 0) is 19.1 Å². The molecule has 31 heavy (non-hydrogen) atoms. The van der Waals surface area contributed by atoms with Crippen LogP contribution in [0.2, 0.25) is 0 Å². The Morgan fingerprint density at radius 1 is 1.06 bits per heavy atom. The van der Waals surface area contributed by atoms with Crippen molar-refractivity contribution in [3.63, 3.8) is 0 Å². The molecule has 0 aliphatic carbocycles. The van der Waals surface area contributed by atoms with Crippen LogP contribution in [0.3, 0.4) is 0 Å². The van der Waals surface area contributed by atoms with Gasteiger partial charge >= 0.3 is 17.6 Å². The average Bonchev–Trinajstić information content (AvgIpc) is 3.08. The lowest BCUT2D eigenvalue weighted by Gasteiger charge is -2.34. The van der Waals surface area contributed by atoms with Crippen LogP contribution in [0.1, 0.15) is 66.1 Å². The first-order chi connectivity index (χ1) is 14.6. The zero-order chi connectivity index (χ0) is 22.9. The number of carbonyl (C=O) groups excluding carboxylic acids is 2. The van der Waals surface area contributed by atoms with Crippen LogP contribution in [0, 0.1) is 11.8 Å². The largest absolute Gasteiger partial charge is 0.481 e. The van der Waals surface area contributed by atoms with Crippen molar-refractivity contribution < 1.29 is 28.2 Å². The van der Waals surface area contributed by atoms with Crippen LogP contribution in [-0.4, -0.2) is 23.6 Å². The van der Waals surface area contributed by atoms with Crippen molar-refractivity contribution in [3.8, 4) is 5.75 Å². The van der Waals surface area contributed by atoms with Crippen molar-refractivity contribution >= 4 is 22.9 Å². The fourth-order valence-corrected chi connectivity index (χ4v) is 3.42. The molecule has 7 heteroatoms. The van der Waals surface area contributed by atoms with Gasteiger partial charge in [-0.25, -0.2) is 4.79 Å². The van der Waals surface area contributed by atoms with E-state index in [-0.39, 0.29) is 23.8 Å². The predicted octanol–water partition coefficient (Wildman–Crippen LogP) is 4.55. The fraction of sp³-hybridized carbons (Fsp3) is 0.542. The molecule has 1 aliphatic heterocycles. The minimum Gasteiger partial charge on any atom is -0.481 e. The van der Waals surface area contributed by atoms with Crippen LogP contribution < -0.4 is 10.4 Å². The molecule has 1 aromatic heterocycles. The smallest absolute Gasteiger partial charge is 0.336 e. The van der Waals surface area contributed by atoms with Gasteiger partial charge in [-0.15, -0.1) is 0 Å². The summed E-state index contributed by atoms with van der Waals surface area (Å²) in [4.78, 5) is 36.8. The van der Waals surface area contributed by atoms with Gasteiger partial charge in [-0.2, -0.15) is 0 Å². The first-order valence-electron chi connectivity index (χ1n) is 10.7. The van der Waals surface area contributed by atoms with Crippen LogP contribution in [0.25, 0.3) is 11.0 Å². The molecule has 0 bridgehead atoms. The summed E-state index contributed by atoms with van der Waals surface area (Å²) in [5.74, 6) is -0.802. The maximum absolute atomic E-state index is 12.7. The summed E-state index contributed by atoms with van der Waals surface area (Å²) < 4.78 is 23.1. The monoisotopic (exact) mass is 430 g/mol. The van der Waals surface area contributed by atoms with E-state index in [1.165, 1.54) is 6.07 Å². The van der Waals surface area contributed by atoms with E-state index in [0.717, 1.165) is 0 Å². The Hall–Kier alpha value is -2.83. The van der Waals surface area contributed by atoms with Gasteiger partial charge in [0.25, 0.3) is 0 Å². The van der Waals surface area contributed by atoms with Gasteiger partial charge in [0.05, 0.1) is 11.8 Å². The first-order valence-corrected chi connectivity index (χ1v) is 10.7. The molecule has 0 radical (unpaired) electrons. The number of carbonyl (C=O) groups is 2. The zero-order valence-electron chi connectivity index (χ0n) is 18.9. The molecule has 0 unspecified atom stereocenters. The van der Waals surface area contributed by atoms with Crippen molar-refractivity contribution in [1.29, 1.82) is 0 Å². The molecule has 2 heterocycles. The van der Waals surface area contributed by atoms with Gasteiger partial charge in [0.1, 0.15) is 16.9 Å². The van der Waals surface area contributed by atoms with Crippen molar-refractivity contribution in [2.24, 2.45) is 11.8 Å². The summed E-state index contributed by atoms with van der Waals surface area (Å²) in [5.41, 5.74) is -0.527. The standard InChI is InChI=1S/C24H30O7/c1-7-13(3)22(26)30-20-16-11-15-9-10-19(25)28-17(15)12-18(16)29-21(20)24(5,6)31-23(27)14(4)8-2/h9-14,20-21H,7-8H2,1-6H3/t13-,14-,20+,21-/m0/s1. The minimum atomic E-state index is -1.08. The lowest BCUT2D eigenvalue weighted by atomic mass is 9.93. The van der Waals surface area contributed by atoms with Crippen LogP contribution >= 0.6 is 0 Å². The van der Waals surface area contributed by atoms with Gasteiger partial charge in [0.15, 0.2) is 12.2 Å². The van der Waals surface area contributed by atoms with Crippen molar-refractivity contribution in [2.45, 2.75) is 72.2 Å². The molecular formula is C24H30O7. The summed E-state index contributed by atoms with van der Waals surface area (Å²) >= 11 is 0. The summed E-state index contributed by atoms with van der Waals surface area (Å²) in [7, 11) is 0. The number of rotatable bonds is 7. The topological polar surface area (TPSA) is 92.0 Å². The Kier molecular flexibility index (Phi) is 6.43. The van der Waals surface area contributed by atoms with Crippen LogP contribution in [0.5, 0.6) is 5.75 Å². The van der Waals surface area contributed by atoms with Crippen molar-refractivity contribution in [2.75, 3.05) is 0 Å². The molecule has 0 fully saturated rings. The van der Waals surface area contributed by atoms with Gasteiger partial charge in [0.2, 0.25) is 0 Å². The van der Waals surface area contributed by atoms with E-state index in [4.69, 9.17) is 18.6 Å². The Labute approximate surface area is 181 Å². The molecule has 0 N–H and O–H groups in total. The predicted molar refractivity (Wildman–Crippen MR) is 115 cm³/mol. The molecule has 0 saturated carbocycles. The molecule has 168 valence electrons. The molecule has 7 nitrogen and oxygen atoms in total. The third-order valence-electron chi connectivity index (χ3n) is 5.91. The highest BCUT2D eigenvalue weighted by molar-refractivity contribution is 5.80. The number of benzene rings is 1. The third-order valence-corrected chi connectivity index (χ3v) is 5.91. The van der Waals surface area contributed by atoms with E-state index in [0.29, 0.717) is 35.1 Å². The third kappa shape index (κ3) is 4.60. The van der Waals surface area contributed by atoms with E-state index in [9.17, 15) is 14.4 Å². The molecule has 2 aromatic rings. The highest BCUT2D eigenvalue weighted by atomic mass is 16.6. The lowest BCUT2D eigenvalue weighted by Crippen LogP contribution is -2.47. The van der Waals surface area contributed by atoms with Gasteiger partial charge in [0, 0.05) is 23.1 Å². The highest BCUT2D eigenvalue weighted by Gasteiger charge is 2.49.